The lowest BCUT2D eigenvalue weighted by Gasteiger charge is -2.10. The summed E-state index contributed by atoms with van der Waals surface area (Å²) in [6.07, 6.45) is 0. The van der Waals surface area contributed by atoms with Crippen molar-refractivity contribution in [2.45, 2.75) is 34.3 Å². The maximum atomic E-state index is 12.2. The molecule has 1 N–H and O–H groups in total. The highest BCUT2D eigenvalue weighted by Crippen LogP contribution is 2.24. The van der Waals surface area contributed by atoms with Crippen molar-refractivity contribution in [3.05, 3.63) is 64.7 Å². The molecule has 0 aliphatic heterocycles. The molecule has 0 aliphatic carbocycles. The van der Waals surface area contributed by atoms with Crippen LogP contribution < -0.4 is 10.2 Å². The van der Waals surface area contributed by atoms with Gasteiger partial charge in [0.2, 0.25) is 0 Å². The molecule has 0 amide bonds. The van der Waals surface area contributed by atoms with Gasteiger partial charge in [0.25, 0.3) is 0 Å². The van der Waals surface area contributed by atoms with Crippen molar-refractivity contribution in [3.63, 3.8) is 0 Å². The normalized spacial score (nSPS) is 11.9. The summed E-state index contributed by atoms with van der Waals surface area (Å²) in [6, 6.07) is 12.5. The third kappa shape index (κ3) is 4.39. The highest BCUT2D eigenvalue weighted by atomic mass is 19.3. The first-order valence-electron chi connectivity index (χ1n) is 8.57. The van der Waals surface area contributed by atoms with E-state index in [-0.39, 0.29) is 5.75 Å². The molecule has 0 bridgehead atoms. The van der Waals surface area contributed by atoms with Crippen LogP contribution in [0.3, 0.4) is 0 Å². The Morgan fingerprint density at radius 2 is 1.74 bits per heavy atom. The zero-order chi connectivity index (χ0) is 19.6. The summed E-state index contributed by atoms with van der Waals surface area (Å²) in [7, 11) is 0. The number of nitrogens with one attached hydrogen (secondary N) is 1. The van der Waals surface area contributed by atoms with Crippen LogP contribution in [0, 0.1) is 20.8 Å². The number of hydrazone groups is 1. The highest BCUT2D eigenvalue weighted by Gasteiger charge is 2.07. The van der Waals surface area contributed by atoms with E-state index in [0.29, 0.717) is 11.5 Å². The van der Waals surface area contributed by atoms with Gasteiger partial charge in [0.05, 0.1) is 11.2 Å². The average molecular weight is 369 g/mol. The van der Waals surface area contributed by atoms with Crippen LogP contribution in [-0.2, 0) is 0 Å². The molecule has 0 saturated carbocycles. The zero-order valence-corrected chi connectivity index (χ0v) is 15.7. The molecule has 0 unspecified atom stereocenters. The molecule has 140 valence electrons. The van der Waals surface area contributed by atoms with Gasteiger partial charge >= 0.3 is 6.61 Å². The van der Waals surface area contributed by atoms with E-state index in [9.17, 15) is 8.78 Å². The molecule has 0 radical (unpaired) electrons. The second-order valence-electron chi connectivity index (χ2n) is 6.51. The number of hydrogen-bond donors (Lipinski definition) is 1. The van der Waals surface area contributed by atoms with Crippen LogP contribution in [0.15, 0.2) is 47.6 Å². The summed E-state index contributed by atoms with van der Waals surface area (Å²) >= 11 is 0. The molecule has 1 aromatic heterocycles. The Morgan fingerprint density at radius 1 is 1.04 bits per heavy atom. The molecule has 3 rings (SSSR count). The number of rotatable bonds is 5. The number of ether oxygens (including phenoxy) is 1. The number of aryl methyl sites for hydroxylation is 3. The Labute approximate surface area is 156 Å². The first-order valence-corrected chi connectivity index (χ1v) is 8.57. The van der Waals surface area contributed by atoms with Gasteiger partial charge in [0.15, 0.2) is 0 Å². The summed E-state index contributed by atoms with van der Waals surface area (Å²) in [5.41, 5.74) is 8.89. The number of alkyl halides is 2. The lowest BCUT2D eigenvalue weighted by Crippen LogP contribution is -2.04. The summed E-state index contributed by atoms with van der Waals surface area (Å²) in [4.78, 5) is 4.67. The molecular weight excluding hydrogens is 348 g/mol. The number of hydrogen-bond acceptors (Lipinski definition) is 4. The fraction of sp³-hybridized carbons (Fsp3) is 0.238. The van der Waals surface area contributed by atoms with E-state index in [0.717, 1.165) is 27.6 Å². The predicted molar refractivity (Wildman–Crippen MR) is 105 cm³/mol. The van der Waals surface area contributed by atoms with E-state index < -0.39 is 6.61 Å². The van der Waals surface area contributed by atoms with E-state index in [4.69, 9.17) is 0 Å². The Kier molecular flexibility index (Phi) is 5.35. The number of nitrogens with zero attached hydrogens (tertiary/aromatic N) is 2. The maximum Gasteiger partial charge on any atom is 0.387 e. The number of fused-ring (bicyclic) bond motifs is 1. The predicted octanol–water partition coefficient (Wildman–Crippen LogP) is 5.60. The van der Waals surface area contributed by atoms with Crippen molar-refractivity contribution in [2.75, 3.05) is 5.43 Å². The quantitative estimate of drug-likeness (QED) is 0.470. The number of halogens is 2. The van der Waals surface area contributed by atoms with Crippen molar-refractivity contribution in [1.29, 1.82) is 0 Å². The number of pyridine rings is 1. The van der Waals surface area contributed by atoms with Gasteiger partial charge in [0.1, 0.15) is 11.6 Å². The number of anilines is 1. The second-order valence-corrected chi connectivity index (χ2v) is 6.51. The molecule has 2 aromatic carbocycles. The van der Waals surface area contributed by atoms with Crippen molar-refractivity contribution < 1.29 is 13.5 Å². The van der Waals surface area contributed by atoms with E-state index in [1.807, 2.05) is 26.8 Å². The fourth-order valence-corrected chi connectivity index (χ4v) is 2.99. The van der Waals surface area contributed by atoms with Crippen LogP contribution in [0.25, 0.3) is 10.9 Å². The molecule has 6 heteroatoms. The minimum Gasteiger partial charge on any atom is -0.435 e. The minimum atomic E-state index is -2.83. The van der Waals surface area contributed by atoms with Crippen molar-refractivity contribution in [2.24, 2.45) is 5.10 Å². The Hall–Kier alpha value is -3.02. The summed E-state index contributed by atoms with van der Waals surface area (Å²) in [5.74, 6) is 0.774. The Balaban J connectivity index is 1.82. The van der Waals surface area contributed by atoms with Gasteiger partial charge in [-0.05, 0) is 80.8 Å². The molecule has 0 atom stereocenters. The van der Waals surface area contributed by atoms with Crippen LogP contribution in [0.2, 0.25) is 0 Å². The van der Waals surface area contributed by atoms with Gasteiger partial charge in [-0.1, -0.05) is 11.6 Å². The van der Waals surface area contributed by atoms with E-state index in [1.54, 1.807) is 12.1 Å². The average Bonchev–Trinajstić information content (AvgIpc) is 2.61. The molecule has 27 heavy (non-hydrogen) atoms. The maximum absolute atomic E-state index is 12.2. The van der Waals surface area contributed by atoms with Crippen molar-refractivity contribution in [1.82, 2.24) is 4.98 Å². The number of benzene rings is 2. The Bertz CT molecular complexity index is 998. The number of aromatic nitrogens is 1. The molecule has 0 aliphatic rings. The van der Waals surface area contributed by atoms with Gasteiger partial charge in [-0.15, -0.1) is 0 Å². The zero-order valence-electron chi connectivity index (χ0n) is 15.7. The largest absolute Gasteiger partial charge is 0.435 e. The van der Waals surface area contributed by atoms with Gasteiger partial charge in [-0.3, -0.25) is 5.43 Å². The fourth-order valence-electron chi connectivity index (χ4n) is 2.99. The smallest absolute Gasteiger partial charge is 0.387 e. The van der Waals surface area contributed by atoms with Crippen molar-refractivity contribution in [3.8, 4) is 5.75 Å². The standard InChI is InChI=1S/C21H21F2N3O/c1-12-9-14(3)20-18(10-12)13(2)11-19(24-20)26-25-15(4)16-5-7-17(8-6-16)27-21(22)23/h5-11,21H,1-4H3,(H,24,26)/b25-15-. The molecule has 1 heterocycles. The third-order valence-electron chi connectivity index (χ3n) is 4.29. The lowest BCUT2D eigenvalue weighted by molar-refractivity contribution is -0.0498. The van der Waals surface area contributed by atoms with E-state index in [2.05, 4.69) is 39.3 Å². The molecular formula is C21H21F2N3O. The molecule has 0 fully saturated rings. The van der Waals surface area contributed by atoms with Crippen molar-refractivity contribution >= 4 is 22.4 Å². The summed E-state index contributed by atoms with van der Waals surface area (Å²) in [6.45, 7) is 5.17. The van der Waals surface area contributed by atoms with Crippen LogP contribution in [0.4, 0.5) is 14.6 Å². The monoisotopic (exact) mass is 369 g/mol. The topological polar surface area (TPSA) is 46.5 Å². The molecule has 4 nitrogen and oxygen atoms in total. The van der Waals surface area contributed by atoms with Crippen LogP contribution in [0.5, 0.6) is 5.75 Å². The first-order chi connectivity index (χ1) is 12.8. The minimum absolute atomic E-state index is 0.118. The van der Waals surface area contributed by atoms with Crippen LogP contribution in [-0.4, -0.2) is 17.3 Å². The van der Waals surface area contributed by atoms with Gasteiger partial charge < -0.3 is 4.74 Å². The van der Waals surface area contributed by atoms with Crippen LogP contribution >= 0.6 is 0 Å². The molecule has 3 aromatic rings. The highest BCUT2D eigenvalue weighted by molar-refractivity contribution is 5.99. The molecule has 0 spiro atoms. The lowest BCUT2D eigenvalue weighted by atomic mass is 10.0. The van der Waals surface area contributed by atoms with E-state index in [1.165, 1.54) is 17.7 Å². The van der Waals surface area contributed by atoms with Gasteiger partial charge in [0, 0.05) is 5.39 Å². The molecule has 0 saturated heterocycles. The summed E-state index contributed by atoms with van der Waals surface area (Å²) < 4.78 is 28.8. The van der Waals surface area contributed by atoms with Crippen LogP contribution in [0.1, 0.15) is 29.2 Å². The SMILES string of the molecule is C/C(=N/Nc1cc(C)c2cc(C)cc(C)c2n1)c1ccc(OC(F)F)cc1. The summed E-state index contributed by atoms with van der Waals surface area (Å²) in [5, 5.41) is 5.50. The second kappa shape index (κ2) is 7.70. The third-order valence-corrected chi connectivity index (χ3v) is 4.29. The van der Waals surface area contributed by atoms with Gasteiger partial charge in [-0.2, -0.15) is 13.9 Å². The van der Waals surface area contributed by atoms with Gasteiger partial charge in [-0.25, -0.2) is 4.98 Å². The Morgan fingerprint density at radius 3 is 2.41 bits per heavy atom. The first kappa shape index (κ1) is 18.8. The van der Waals surface area contributed by atoms with E-state index >= 15 is 0 Å².